The fourth-order valence-corrected chi connectivity index (χ4v) is 5.00. The molecule has 4 rings (SSSR count). The van der Waals surface area contributed by atoms with E-state index in [-0.39, 0.29) is 29.4 Å². The van der Waals surface area contributed by atoms with Crippen molar-refractivity contribution in [1.82, 2.24) is 0 Å². The van der Waals surface area contributed by atoms with Crippen molar-refractivity contribution < 1.29 is 14.1 Å². The minimum Gasteiger partial charge on any atom is -0.457 e. The molecule has 24 heavy (non-hydrogen) atoms. The molecule has 2 aliphatic carbocycles. The molecular weight excluding hydrogens is 298 g/mol. The highest BCUT2D eigenvalue weighted by Crippen LogP contribution is 2.66. The molecule has 3 nitrogen and oxygen atoms in total. The van der Waals surface area contributed by atoms with E-state index in [9.17, 15) is 4.79 Å². The monoisotopic (exact) mass is 324 g/mol. The maximum absolute atomic E-state index is 12.6. The van der Waals surface area contributed by atoms with Gasteiger partial charge in [-0.1, -0.05) is 32.9 Å². The molecule has 0 saturated heterocycles. The summed E-state index contributed by atoms with van der Waals surface area (Å²) < 4.78 is 7.96. The summed E-state index contributed by atoms with van der Waals surface area (Å²) in [6.07, 6.45) is 5.49. The fourth-order valence-electron chi connectivity index (χ4n) is 5.00. The van der Waals surface area contributed by atoms with Gasteiger partial charge in [0.05, 0.1) is 0 Å². The summed E-state index contributed by atoms with van der Waals surface area (Å²) in [6, 6.07) is 12.2. The lowest BCUT2D eigenvalue weighted by atomic mass is 9.70. The summed E-state index contributed by atoms with van der Waals surface area (Å²) in [7, 11) is 0. The van der Waals surface area contributed by atoms with Gasteiger partial charge in [-0.2, -0.15) is 4.57 Å². The van der Waals surface area contributed by atoms with Crippen LogP contribution in [0.15, 0.2) is 42.6 Å². The van der Waals surface area contributed by atoms with Gasteiger partial charge < -0.3 is 4.74 Å². The molecule has 0 amide bonds. The van der Waals surface area contributed by atoms with Gasteiger partial charge in [-0.15, -0.1) is 0 Å². The number of aromatic nitrogens is 1. The van der Waals surface area contributed by atoms with E-state index >= 15 is 0 Å². The Morgan fingerprint density at radius 3 is 2.67 bits per heavy atom. The number of carbonyl (C=O) groups is 1. The molecule has 0 unspecified atom stereocenters. The van der Waals surface area contributed by atoms with Gasteiger partial charge in [0.1, 0.15) is 6.10 Å². The lowest BCUT2D eigenvalue weighted by Gasteiger charge is -2.38. The van der Waals surface area contributed by atoms with Gasteiger partial charge in [-0.3, -0.25) is 0 Å². The molecular formula is C21H26NO2+. The highest BCUT2D eigenvalue weighted by molar-refractivity contribution is 5.76. The minimum atomic E-state index is -0.120. The second-order valence-electron chi connectivity index (χ2n) is 8.28. The number of fused-ring (bicyclic) bond motifs is 3. The summed E-state index contributed by atoms with van der Waals surface area (Å²) in [6.45, 7) is 7.28. The van der Waals surface area contributed by atoms with Crippen LogP contribution in [-0.2, 0) is 16.1 Å². The zero-order valence-electron chi connectivity index (χ0n) is 14.8. The van der Waals surface area contributed by atoms with Gasteiger partial charge in [0, 0.05) is 22.9 Å². The number of rotatable bonds is 3. The lowest BCUT2D eigenvalue weighted by Crippen LogP contribution is -2.43. The number of pyridine rings is 1. The van der Waals surface area contributed by atoms with E-state index in [0.717, 1.165) is 17.3 Å². The number of hydrogen-bond donors (Lipinski definition) is 0. The Hall–Kier alpha value is -1.90. The first-order valence-electron chi connectivity index (χ1n) is 8.98. The van der Waals surface area contributed by atoms with E-state index in [1.807, 2.05) is 35.0 Å². The van der Waals surface area contributed by atoms with Crippen molar-refractivity contribution in [3.05, 3.63) is 42.6 Å². The Balaban J connectivity index is 1.52. The maximum Gasteiger partial charge on any atom is 0.372 e. The van der Waals surface area contributed by atoms with E-state index in [1.165, 1.54) is 12.8 Å². The number of ether oxygens (including phenoxy) is 1. The van der Waals surface area contributed by atoms with Gasteiger partial charge in [0.2, 0.25) is 12.1 Å². The molecule has 0 aliphatic heterocycles. The van der Waals surface area contributed by atoms with Crippen LogP contribution in [0.25, 0.3) is 10.9 Å². The Kier molecular flexibility index (Phi) is 3.45. The molecule has 126 valence electrons. The van der Waals surface area contributed by atoms with E-state index in [2.05, 4.69) is 32.9 Å². The smallest absolute Gasteiger partial charge is 0.372 e. The number of nitrogens with zero attached hydrogens (tertiary/aromatic N) is 1. The van der Waals surface area contributed by atoms with Crippen LogP contribution >= 0.6 is 0 Å². The van der Waals surface area contributed by atoms with Crippen LogP contribution < -0.4 is 4.57 Å². The molecule has 3 atom stereocenters. The van der Waals surface area contributed by atoms with Crippen LogP contribution in [-0.4, -0.2) is 12.1 Å². The molecule has 2 fully saturated rings. The quantitative estimate of drug-likeness (QED) is 0.633. The number of esters is 1. The molecule has 1 heterocycles. The van der Waals surface area contributed by atoms with Gasteiger partial charge in [-0.25, -0.2) is 4.79 Å². The molecule has 2 aromatic rings. The normalized spacial score (nSPS) is 30.6. The van der Waals surface area contributed by atoms with Crippen molar-refractivity contribution in [3.8, 4) is 0 Å². The van der Waals surface area contributed by atoms with Gasteiger partial charge >= 0.3 is 5.97 Å². The summed E-state index contributed by atoms with van der Waals surface area (Å²) in [4.78, 5) is 12.6. The summed E-state index contributed by atoms with van der Waals surface area (Å²) in [5.41, 5.74) is 1.46. The van der Waals surface area contributed by atoms with Crippen molar-refractivity contribution in [2.75, 3.05) is 0 Å². The first kappa shape index (κ1) is 15.6. The third kappa shape index (κ3) is 2.17. The summed E-state index contributed by atoms with van der Waals surface area (Å²) >= 11 is 0. The van der Waals surface area contributed by atoms with Crippen molar-refractivity contribution in [1.29, 1.82) is 0 Å². The number of hydrogen-bond acceptors (Lipinski definition) is 2. The Labute approximate surface area is 143 Å². The average Bonchev–Trinajstić information content (AvgIpc) is 2.88. The number of para-hydroxylation sites is 1. The van der Waals surface area contributed by atoms with Crippen LogP contribution in [0, 0.1) is 16.7 Å². The average molecular weight is 324 g/mol. The molecule has 0 spiro atoms. The topological polar surface area (TPSA) is 30.2 Å². The van der Waals surface area contributed by atoms with Crippen molar-refractivity contribution in [3.63, 3.8) is 0 Å². The summed E-state index contributed by atoms with van der Waals surface area (Å²) in [5.74, 6) is 0.566. The largest absolute Gasteiger partial charge is 0.457 e. The molecule has 3 heteroatoms. The van der Waals surface area contributed by atoms with E-state index in [4.69, 9.17) is 4.74 Å². The maximum atomic E-state index is 12.6. The highest BCUT2D eigenvalue weighted by atomic mass is 16.5. The molecule has 0 N–H and O–H groups in total. The first-order valence-corrected chi connectivity index (χ1v) is 8.98. The third-order valence-corrected chi connectivity index (χ3v) is 7.08. The Bertz CT molecular complexity index is 792. The third-order valence-electron chi connectivity index (χ3n) is 7.08. The zero-order chi connectivity index (χ0) is 16.9. The molecule has 1 aromatic heterocycles. The summed E-state index contributed by atoms with van der Waals surface area (Å²) in [5, 5.41) is 1.14. The van der Waals surface area contributed by atoms with Crippen LogP contribution in [0.4, 0.5) is 0 Å². The Morgan fingerprint density at radius 2 is 1.96 bits per heavy atom. The second kappa shape index (κ2) is 5.30. The first-order chi connectivity index (χ1) is 11.4. The molecule has 1 aromatic carbocycles. The SMILES string of the molecule is CC1(C)[C@@H]2CC[C@@]1(C)[C@@H](OC(=O)C[n+]1cccc3ccccc31)C2. The second-order valence-corrected chi connectivity index (χ2v) is 8.28. The van der Waals surface area contributed by atoms with Gasteiger partial charge in [0.25, 0.3) is 0 Å². The molecule has 2 bridgehead atoms. The van der Waals surface area contributed by atoms with Gasteiger partial charge in [0.15, 0.2) is 6.20 Å². The number of benzene rings is 1. The predicted molar refractivity (Wildman–Crippen MR) is 93.3 cm³/mol. The Morgan fingerprint density at radius 1 is 1.21 bits per heavy atom. The van der Waals surface area contributed by atoms with E-state index < -0.39 is 0 Å². The molecule has 2 saturated carbocycles. The van der Waals surface area contributed by atoms with E-state index in [1.54, 1.807) is 0 Å². The van der Waals surface area contributed by atoms with Crippen molar-refractivity contribution >= 4 is 16.9 Å². The highest BCUT2D eigenvalue weighted by Gasteiger charge is 2.62. The minimum absolute atomic E-state index is 0.0642. The van der Waals surface area contributed by atoms with Crippen LogP contribution in [0.2, 0.25) is 0 Å². The van der Waals surface area contributed by atoms with Crippen molar-refractivity contribution in [2.45, 2.75) is 52.7 Å². The van der Waals surface area contributed by atoms with Crippen molar-refractivity contribution in [2.24, 2.45) is 16.7 Å². The van der Waals surface area contributed by atoms with E-state index in [0.29, 0.717) is 5.92 Å². The predicted octanol–water partition coefficient (Wildman–Crippen LogP) is 3.89. The lowest BCUT2D eigenvalue weighted by molar-refractivity contribution is -0.660. The zero-order valence-corrected chi connectivity index (χ0v) is 14.8. The molecule has 0 radical (unpaired) electrons. The van der Waals surface area contributed by atoms with Crippen LogP contribution in [0.1, 0.15) is 40.0 Å². The molecule has 2 aliphatic rings. The standard InChI is InChI=1S/C21H26NO2/c1-20(2)16-10-11-21(20,3)18(13-16)24-19(23)14-22-12-6-8-15-7-4-5-9-17(15)22/h4-9,12,16,18H,10-11,13-14H2,1-3H3/q+1/t16-,18+,21+/m1/s1. The van der Waals surface area contributed by atoms with Gasteiger partial charge in [-0.05, 0) is 42.7 Å². The number of carbonyl (C=O) groups excluding carboxylic acids is 1. The fraction of sp³-hybridized carbons (Fsp3) is 0.524. The van der Waals surface area contributed by atoms with Crippen LogP contribution in [0.3, 0.4) is 0 Å². The van der Waals surface area contributed by atoms with Crippen LogP contribution in [0.5, 0.6) is 0 Å².